The monoisotopic (exact) mass is 249 g/mol. The maximum Gasteiger partial charge on any atom is 0.213 e. The highest BCUT2D eigenvalue weighted by molar-refractivity contribution is 5.40. The maximum atomic E-state index is 9.70. The topological polar surface area (TPSA) is 91.4 Å². The van der Waals surface area contributed by atoms with Crippen molar-refractivity contribution in [3.05, 3.63) is 36.0 Å². The van der Waals surface area contributed by atoms with Crippen molar-refractivity contribution < 1.29 is 14.7 Å². The summed E-state index contributed by atoms with van der Waals surface area (Å²) < 4.78 is 4.63. The molecule has 0 fully saturated rings. The van der Waals surface area contributed by atoms with Crippen molar-refractivity contribution in [3.63, 3.8) is 0 Å². The van der Waals surface area contributed by atoms with Crippen LogP contribution in [0, 0.1) is 0 Å². The molecular formula is C12H15N3O3. The van der Waals surface area contributed by atoms with Crippen molar-refractivity contribution in [1.29, 1.82) is 0 Å². The minimum atomic E-state index is -0.0796. The Morgan fingerprint density at radius 2 is 2.22 bits per heavy atom. The summed E-state index contributed by atoms with van der Waals surface area (Å²) in [5, 5.41) is 26.0. The molecule has 1 aromatic carbocycles. The zero-order valence-corrected chi connectivity index (χ0v) is 10.00. The molecule has 0 bridgehead atoms. The molecule has 18 heavy (non-hydrogen) atoms. The van der Waals surface area contributed by atoms with Crippen LogP contribution < -0.4 is 5.32 Å². The normalized spacial score (nSPS) is 12.5. The molecule has 0 amide bonds. The summed E-state index contributed by atoms with van der Waals surface area (Å²) in [5.41, 5.74) is 0.656. The standard InChI is InChI=1S/C12H15N3O3/c1-8(10-6-9(16)2-3-11(10)17)13-5-4-12-14-7-18-15-12/h2-3,6-8,13,16-17H,4-5H2,1H3. The number of aromatic nitrogens is 2. The van der Waals surface area contributed by atoms with Gasteiger partial charge in [0.2, 0.25) is 6.39 Å². The van der Waals surface area contributed by atoms with Crippen molar-refractivity contribution in [2.75, 3.05) is 6.54 Å². The number of nitrogens with one attached hydrogen (secondary N) is 1. The van der Waals surface area contributed by atoms with E-state index in [1.54, 1.807) is 6.07 Å². The first-order chi connectivity index (χ1) is 8.66. The minimum absolute atomic E-state index is 0.0796. The Morgan fingerprint density at radius 1 is 1.39 bits per heavy atom. The van der Waals surface area contributed by atoms with E-state index >= 15 is 0 Å². The van der Waals surface area contributed by atoms with Crippen molar-refractivity contribution in [3.8, 4) is 11.5 Å². The molecule has 3 N–H and O–H groups in total. The highest BCUT2D eigenvalue weighted by atomic mass is 16.5. The van der Waals surface area contributed by atoms with E-state index in [2.05, 4.69) is 20.0 Å². The predicted molar refractivity (Wildman–Crippen MR) is 64.2 cm³/mol. The van der Waals surface area contributed by atoms with Gasteiger partial charge >= 0.3 is 0 Å². The maximum absolute atomic E-state index is 9.70. The Hall–Kier alpha value is -2.08. The summed E-state index contributed by atoms with van der Waals surface area (Å²) in [7, 11) is 0. The number of phenolic OH excluding ortho intramolecular Hbond substituents is 2. The van der Waals surface area contributed by atoms with Crippen molar-refractivity contribution in [1.82, 2.24) is 15.5 Å². The first-order valence-electron chi connectivity index (χ1n) is 5.67. The average molecular weight is 249 g/mol. The van der Waals surface area contributed by atoms with Crippen LogP contribution in [0.15, 0.2) is 29.1 Å². The Morgan fingerprint density at radius 3 is 2.94 bits per heavy atom. The SMILES string of the molecule is CC(NCCc1ncon1)c1cc(O)ccc1O. The van der Waals surface area contributed by atoms with E-state index in [1.807, 2.05) is 6.92 Å². The van der Waals surface area contributed by atoms with Gasteiger partial charge in [-0.2, -0.15) is 4.98 Å². The molecular weight excluding hydrogens is 234 g/mol. The highest BCUT2D eigenvalue weighted by Crippen LogP contribution is 2.27. The second-order valence-electron chi connectivity index (χ2n) is 4.02. The molecule has 0 aliphatic carbocycles. The third-order valence-corrected chi connectivity index (χ3v) is 2.68. The second-order valence-corrected chi connectivity index (χ2v) is 4.02. The smallest absolute Gasteiger partial charge is 0.213 e. The van der Waals surface area contributed by atoms with Crippen LogP contribution in [0.25, 0.3) is 0 Å². The zero-order valence-electron chi connectivity index (χ0n) is 10.00. The molecule has 0 aliphatic rings. The third kappa shape index (κ3) is 2.98. The molecule has 0 spiro atoms. The van der Waals surface area contributed by atoms with Gasteiger partial charge in [0.05, 0.1) is 0 Å². The fourth-order valence-corrected chi connectivity index (χ4v) is 1.70. The fraction of sp³-hybridized carbons (Fsp3) is 0.333. The third-order valence-electron chi connectivity index (χ3n) is 2.68. The number of rotatable bonds is 5. The van der Waals surface area contributed by atoms with E-state index in [4.69, 9.17) is 0 Å². The number of nitrogens with zero attached hydrogens (tertiary/aromatic N) is 2. The molecule has 6 nitrogen and oxygen atoms in total. The summed E-state index contributed by atoms with van der Waals surface area (Å²) >= 11 is 0. The molecule has 2 aromatic rings. The van der Waals surface area contributed by atoms with Crippen LogP contribution in [-0.4, -0.2) is 26.9 Å². The molecule has 0 radical (unpaired) electrons. The van der Waals surface area contributed by atoms with E-state index < -0.39 is 0 Å². The first-order valence-corrected chi connectivity index (χ1v) is 5.67. The number of benzene rings is 1. The molecule has 1 atom stereocenters. The Kier molecular flexibility index (Phi) is 3.78. The van der Waals surface area contributed by atoms with Gasteiger partial charge in [-0.25, -0.2) is 0 Å². The molecule has 6 heteroatoms. The van der Waals surface area contributed by atoms with Gasteiger partial charge in [0, 0.05) is 24.6 Å². The van der Waals surface area contributed by atoms with E-state index in [0.29, 0.717) is 24.4 Å². The molecule has 1 unspecified atom stereocenters. The summed E-state index contributed by atoms with van der Waals surface area (Å²) in [6.45, 7) is 2.56. The summed E-state index contributed by atoms with van der Waals surface area (Å²) in [5.74, 6) is 0.928. The largest absolute Gasteiger partial charge is 0.508 e. The van der Waals surface area contributed by atoms with Gasteiger partial charge in [0.25, 0.3) is 0 Å². The Bertz CT molecular complexity index is 499. The van der Waals surface area contributed by atoms with E-state index in [0.717, 1.165) is 0 Å². The van der Waals surface area contributed by atoms with Crippen molar-refractivity contribution in [2.24, 2.45) is 0 Å². The van der Waals surface area contributed by atoms with Crippen LogP contribution in [0.3, 0.4) is 0 Å². The van der Waals surface area contributed by atoms with Crippen LogP contribution >= 0.6 is 0 Å². The lowest BCUT2D eigenvalue weighted by molar-refractivity contribution is 0.408. The van der Waals surface area contributed by atoms with Gasteiger partial charge < -0.3 is 20.1 Å². The summed E-state index contributed by atoms with van der Waals surface area (Å²) in [4.78, 5) is 3.91. The molecule has 2 rings (SSSR count). The van der Waals surface area contributed by atoms with Gasteiger partial charge in [-0.05, 0) is 25.1 Å². The van der Waals surface area contributed by atoms with Crippen molar-refractivity contribution >= 4 is 0 Å². The minimum Gasteiger partial charge on any atom is -0.508 e. The molecule has 0 aliphatic heterocycles. The second kappa shape index (κ2) is 5.50. The Labute approximate surface area is 104 Å². The quantitative estimate of drug-likeness (QED) is 0.693. The van der Waals surface area contributed by atoms with Gasteiger partial charge in [-0.15, -0.1) is 0 Å². The number of phenols is 2. The average Bonchev–Trinajstić information content (AvgIpc) is 2.85. The zero-order chi connectivity index (χ0) is 13.0. The number of hydrogen-bond acceptors (Lipinski definition) is 6. The van der Waals surface area contributed by atoms with Crippen LogP contribution in [0.2, 0.25) is 0 Å². The lowest BCUT2D eigenvalue weighted by Crippen LogP contribution is -2.21. The van der Waals surface area contributed by atoms with Crippen LogP contribution in [0.5, 0.6) is 11.5 Å². The van der Waals surface area contributed by atoms with E-state index in [9.17, 15) is 10.2 Å². The summed E-state index contributed by atoms with van der Waals surface area (Å²) in [6, 6.07) is 4.39. The van der Waals surface area contributed by atoms with Gasteiger partial charge in [-0.1, -0.05) is 5.16 Å². The molecule has 1 aromatic heterocycles. The fourth-order valence-electron chi connectivity index (χ4n) is 1.70. The molecule has 1 heterocycles. The summed E-state index contributed by atoms with van der Waals surface area (Å²) in [6.07, 6.45) is 1.93. The van der Waals surface area contributed by atoms with Crippen molar-refractivity contribution in [2.45, 2.75) is 19.4 Å². The molecule has 0 saturated heterocycles. The van der Waals surface area contributed by atoms with E-state index in [1.165, 1.54) is 18.5 Å². The van der Waals surface area contributed by atoms with Crippen LogP contribution in [-0.2, 0) is 6.42 Å². The molecule has 0 saturated carbocycles. The van der Waals surface area contributed by atoms with Crippen LogP contribution in [0.4, 0.5) is 0 Å². The van der Waals surface area contributed by atoms with Gasteiger partial charge in [0.15, 0.2) is 5.82 Å². The predicted octanol–water partition coefficient (Wildman–Crippen LogP) is 1.37. The lowest BCUT2D eigenvalue weighted by atomic mass is 10.1. The first kappa shape index (κ1) is 12.4. The van der Waals surface area contributed by atoms with Crippen LogP contribution in [0.1, 0.15) is 24.4 Å². The Balaban J connectivity index is 1.91. The lowest BCUT2D eigenvalue weighted by Gasteiger charge is -2.15. The van der Waals surface area contributed by atoms with Gasteiger partial charge in [-0.3, -0.25) is 0 Å². The van der Waals surface area contributed by atoms with E-state index in [-0.39, 0.29) is 17.5 Å². The molecule has 96 valence electrons. The highest BCUT2D eigenvalue weighted by Gasteiger charge is 2.11. The number of aromatic hydroxyl groups is 2. The number of hydrogen-bond donors (Lipinski definition) is 3. The van der Waals surface area contributed by atoms with Gasteiger partial charge in [0.1, 0.15) is 11.5 Å².